The molecule has 5 heteroatoms. The highest BCUT2D eigenvalue weighted by Crippen LogP contribution is 2.30. The number of carbonyl (C=O) groups is 1. The highest BCUT2D eigenvalue weighted by Gasteiger charge is 2.12. The number of carboxylic acid groups (broad SMARTS) is 1. The van der Waals surface area contributed by atoms with Gasteiger partial charge in [0.05, 0.1) is 7.11 Å². The number of hydrogen-bond acceptors (Lipinski definition) is 3. The molecule has 1 aromatic carbocycles. The second kappa shape index (κ2) is 5.48. The fraction of sp³-hybridized carbons (Fsp3) is 0.214. The predicted molar refractivity (Wildman–Crippen MR) is 72.6 cm³/mol. The third-order valence-corrected chi connectivity index (χ3v) is 2.87. The van der Waals surface area contributed by atoms with Gasteiger partial charge in [-0.2, -0.15) is 0 Å². The van der Waals surface area contributed by atoms with E-state index in [2.05, 4.69) is 11.9 Å². The molecular weight excluding hydrogens is 246 g/mol. The van der Waals surface area contributed by atoms with Gasteiger partial charge >= 0.3 is 6.09 Å². The number of benzene rings is 1. The van der Waals surface area contributed by atoms with Gasteiger partial charge in [-0.1, -0.05) is 6.58 Å². The van der Waals surface area contributed by atoms with Crippen molar-refractivity contribution in [1.82, 2.24) is 5.32 Å². The minimum atomic E-state index is -1.03. The number of amides is 1. The van der Waals surface area contributed by atoms with Crippen LogP contribution in [-0.4, -0.2) is 24.9 Å². The lowest BCUT2D eigenvalue weighted by Gasteiger charge is -2.01. The lowest BCUT2D eigenvalue weighted by molar-refractivity contribution is 0.194. The molecule has 100 valence electrons. The summed E-state index contributed by atoms with van der Waals surface area (Å²) in [6, 6.07) is 5.55. The van der Waals surface area contributed by atoms with E-state index < -0.39 is 6.09 Å². The molecule has 2 aromatic rings. The minimum Gasteiger partial charge on any atom is -0.497 e. The van der Waals surface area contributed by atoms with E-state index in [-0.39, 0.29) is 0 Å². The maximum atomic E-state index is 10.5. The third kappa shape index (κ3) is 2.70. The lowest BCUT2D eigenvalue weighted by Crippen LogP contribution is -2.23. The molecule has 1 heterocycles. The zero-order valence-corrected chi connectivity index (χ0v) is 10.6. The molecule has 0 aliphatic heterocycles. The van der Waals surface area contributed by atoms with Gasteiger partial charge in [0.15, 0.2) is 0 Å². The first-order chi connectivity index (χ1) is 9.15. The van der Waals surface area contributed by atoms with Gasteiger partial charge in [-0.05, 0) is 24.6 Å². The van der Waals surface area contributed by atoms with Gasteiger partial charge in [0.2, 0.25) is 0 Å². The molecule has 0 spiro atoms. The quantitative estimate of drug-likeness (QED) is 0.868. The lowest BCUT2D eigenvalue weighted by atomic mass is 10.1. The number of ether oxygens (including phenoxy) is 1. The van der Waals surface area contributed by atoms with E-state index in [4.69, 9.17) is 14.3 Å². The summed E-state index contributed by atoms with van der Waals surface area (Å²) < 4.78 is 10.8. The van der Waals surface area contributed by atoms with E-state index in [1.54, 1.807) is 19.3 Å². The van der Waals surface area contributed by atoms with Crippen molar-refractivity contribution >= 4 is 23.1 Å². The Morgan fingerprint density at radius 2 is 2.37 bits per heavy atom. The normalized spacial score (nSPS) is 10.4. The molecule has 0 aliphatic carbocycles. The minimum absolute atomic E-state index is 0.330. The fourth-order valence-electron chi connectivity index (χ4n) is 1.99. The molecule has 0 unspecified atom stereocenters. The van der Waals surface area contributed by atoms with Crippen molar-refractivity contribution in [3.05, 3.63) is 36.1 Å². The number of furan rings is 1. The van der Waals surface area contributed by atoms with Gasteiger partial charge in [0.1, 0.15) is 17.1 Å². The van der Waals surface area contributed by atoms with Crippen LogP contribution in [0.5, 0.6) is 5.75 Å². The zero-order chi connectivity index (χ0) is 13.8. The van der Waals surface area contributed by atoms with Crippen LogP contribution < -0.4 is 10.1 Å². The Hall–Kier alpha value is -2.43. The molecule has 2 N–H and O–H groups in total. The second-order valence-electron chi connectivity index (χ2n) is 3.99. The molecule has 0 aliphatic rings. The summed E-state index contributed by atoms with van der Waals surface area (Å²) in [6.45, 7) is 4.04. The summed E-state index contributed by atoms with van der Waals surface area (Å²) in [6.07, 6.45) is 1.14. The highest BCUT2D eigenvalue weighted by atomic mass is 16.5. The molecule has 0 saturated heterocycles. The van der Waals surface area contributed by atoms with Crippen molar-refractivity contribution < 1.29 is 19.1 Å². The Morgan fingerprint density at radius 3 is 3.00 bits per heavy atom. The van der Waals surface area contributed by atoms with Crippen LogP contribution in [0.15, 0.2) is 29.2 Å². The Labute approximate surface area is 110 Å². The van der Waals surface area contributed by atoms with Gasteiger partial charge in [-0.15, -0.1) is 0 Å². The SMILES string of the molecule is C=Cc1oc2cc(OC)ccc2c1CCNC(=O)O. The summed E-state index contributed by atoms with van der Waals surface area (Å²) in [5.41, 5.74) is 1.65. The van der Waals surface area contributed by atoms with Gasteiger partial charge in [0, 0.05) is 23.6 Å². The van der Waals surface area contributed by atoms with Crippen molar-refractivity contribution in [1.29, 1.82) is 0 Å². The first-order valence-electron chi connectivity index (χ1n) is 5.84. The maximum absolute atomic E-state index is 10.5. The van der Waals surface area contributed by atoms with E-state index in [1.807, 2.05) is 12.1 Å². The Balaban J connectivity index is 2.34. The van der Waals surface area contributed by atoms with E-state index in [0.29, 0.717) is 30.1 Å². The summed E-state index contributed by atoms with van der Waals surface area (Å²) >= 11 is 0. The van der Waals surface area contributed by atoms with Gasteiger partial charge in [-0.3, -0.25) is 0 Å². The van der Waals surface area contributed by atoms with Crippen molar-refractivity contribution in [2.75, 3.05) is 13.7 Å². The van der Waals surface area contributed by atoms with Gasteiger partial charge in [-0.25, -0.2) is 4.79 Å². The molecule has 1 amide bonds. The second-order valence-corrected chi connectivity index (χ2v) is 3.99. The molecule has 1 aromatic heterocycles. The van der Waals surface area contributed by atoms with Crippen LogP contribution in [0.1, 0.15) is 11.3 Å². The Bertz CT molecular complexity index is 615. The van der Waals surface area contributed by atoms with Crippen LogP contribution in [0.3, 0.4) is 0 Å². The van der Waals surface area contributed by atoms with Crippen LogP contribution in [0.2, 0.25) is 0 Å². The third-order valence-electron chi connectivity index (χ3n) is 2.87. The van der Waals surface area contributed by atoms with Crippen LogP contribution in [0.25, 0.3) is 17.0 Å². The van der Waals surface area contributed by atoms with Crippen molar-refractivity contribution in [3.8, 4) is 5.75 Å². The van der Waals surface area contributed by atoms with Crippen LogP contribution in [0.4, 0.5) is 4.79 Å². The molecule has 0 fully saturated rings. The fourth-order valence-corrected chi connectivity index (χ4v) is 1.99. The van der Waals surface area contributed by atoms with Crippen molar-refractivity contribution in [3.63, 3.8) is 0 Å². The average Bonchev–Trinajstić information content (AvgIpc) is 2.75. The standard InChI is InChI=1S/C14H15NO4/c1-3-12-11(6-7-15-14(16)17)10-5-4-9(18-2)8-13(10)19-12/h3-5,8,15H,1,6-7H2,2H3,(H,16,17). The zero-order valence-electron chi connectivity index (χ0n) is 10.6. The molecular formula is C14H15NO4. The van der Waals surface area contributed by atoms with Crippen LogP contribution >= 0.6 is 0 Å². The van der Waals surface area contributed by atoms with Crippen LogP contribution in [-0.2, 0) is 6.42 Å². The summed E-state index contributed by atoms with van der Waals surface area (Å²) in [5.74, 6) is 1.38. The molecule has 2 rings (SSSR count). The molecule has 19 heavy (non-hydrogen) atoms. The average molecular weight is 261 g/mol. The number of rotatable bonds is 5. The monoisotopic (exact) mass is 261 g/mol. The van der Waals surface area contributed by atoms with E-state index >= 15 is 0 Å². The number of nitrogens with one attached hydrogen (secondary N) is 1. The molecule has 0 atom stereocenters. The first kappa shape index (κ1) is 13.0. The predicted octanol–water partition coefficient (Wildman–Crippen LogP) is 2.89. The van der Waals surface area contributed by atoms with Gasteiger partial charge < -0.3 is 19.6 Å². The topological polar surface area (TPSA) is 71.7 Å². The molecule has 0 radical (unpaired) electrons. The molecule has 0 bridgehead atoms. The number of methoxy groups -OCH3 is 1. The number of fused-ring (bicyclic) bond motifs is 1. The van der Waals surface area contributed by atoms with Crippen molar-refractivity contribution in [2.45, 2.75) is 6.42 Å². The summed E-state index contributed by atoms with van der Waals surface area (Å²) in [7, 11) is 1.59. The summed E-state index contributed by atoms with van der Waals surface area (Å²) in [5, 5.41) is 11.9. The van der Waals surface area contributed by atoms with E-state index in [1.165, 1.54) is 0 Å². The molecule has 0 saturated carbocycles. The largest absolute Gasteiger partial charge is 0.497 e. The van der Waals surface area contributed by atoms with Crippen molar-refractivity contribution in [2.24, 2.45) is 0 Å². The maximum Gasteiger partial charge on any atom is 0.404 e. The smallest absolute Gasteiger partial charge is 0.404 e. The Kier molecular flexibility index (Phi) is 3.75. The number of hydrogen-bond donors (Lipinski definition) is 2. The van der Waals surface area contributed by atoms with E-state index in [0.717, 1.165) is 10.9 Å². The molecule has 5 nitrogen and oxygen atoms in total. The van der Waals surface area contributed by atoms with Crippen LogP contribution in [0, 0.1) is 0 Å². The van der Waals surface area contributed by atoms with Gasteiger partial charge in [0.25, 0.3) is 0 Å². The van der Waals surface area contributed by atoms with E-state index in [9.17, 15) is 4.79 Å². The highest BCUT2D eigenvalue weighted by molar-refractivity contribution is 5.85. The first-order valence-corrected chi connectivity index (χ1v) is 5.84. The Morgan fingerprint density at radius 1 is 1.58 bits per heavy atom. The summed E-state index contributed by atoms with van der Waals surface area (Å²) in [4.78, 5) is 10.5.